The van der Waals surface area contributed by atoms with E-state index in [0.29, 0.717) is 19.0 Å². The summed E-state index contributed by atoms with van der Waals surface area (Å²) >= 11 is 0. The maximum absolute atomic E-state index is 12.7. The van der Waals surface area contributed by atoms with Crippen molar-refractivity contribution in [2.75, 3.05) is 26.7 Å². The molecule has 1 aromatic heterocycles. The molecule has 9 heteroatoms. The molecular formula is C19H26F3N5O. The minimum Gasteiger partial charge on any atom is -0.492 e. The van der Waals surface area contributed by atoms with E-state index in [2.05, 4.69) is 20.7 Å². The van der Waals surface area contributed by atoms with E-state index in [-0.39, 0.29) is 12.4 Å². The van der Waals surface area contributed by atoms with Crippen LogP contribution in [0.4, 0.5) is 13.2 Å². The quantitative estimate of drug-likeness (QED) is 0.408. The van der Waals surface area contributed by atoms with E-state index in [1.165, 1.54) is 12.1 Å². The minimum atomic E-state index is -4.38. The number of ether oxygens (including phenoxy) is 1. The van der Waals surface area contributed by atoms with E-state index in [1.807, 2.05) is 24.6 Å². The summed E-state index contributed by atoms with van der Waals surface area (Å²) in [6.07, 6.45) is -3.50. The highest BCUT2D eigenvalue weighted by Crippen LogP contribution is 2.31. The maximum atomic E-state index is 12.7. The largest absolute Gasteiger partial charge is 0.492 e. The Balaban J connectivity index is 1.66. The van der Waals surface area contributed by atoms with Crippen LogP contribution in [-0.2, 0) is 12.7 Å². The van der Waals surface area contributed by atoms with E-state index < -0.39 is 11.7 Å². The highest BCUT2D eigenvalue weighted by atomic mass is 19.4. The molecule has 154 valence electrons. The first-order valence-corrected chi connectivity index (χ1v) is 9.05. The van der Waals surface area contributed by atoms with Gasteiger partial charge in [0.25, 0.3) is 0 Å². The zero-order chi connectivity index (χ0) is 20.6. The lowest BCUT2D eigenvalue weighted by molar-refractivity contribution is -0.137. The zero-order valence-electron chi connectivity index (χ0n) is 16.3. The van der Waals surface area contributed by atoms with Gasteiger partial charge in [-0.25, -0.2) is 0 Å². The second-order valence-electron chi connectivity index (χ2n) is 6.30. The molecule has 0 saturated heterocycles. The summed E-state index contributed by atoms with van der Waals surface area (Å²) in [7, 11) is 1.66. The van der Waals surface area contributed by atoms with Crippen LogP contribution in [0, 0.1) is 13.8 Å². The highest BCUT2D eigenvalue weighted by Gasteiger charge is 2.30. The minimum absolute atomic E-state index is 0.185. The summed E-state index contributed by atoms with van der Waals surface area (Å²) < 4.78 is 45.4. The number of guanidine groups is 1. The Hall–Kier alpha value is -2.71. The Bertz CT molecular complexity index is 786. The fourth-order valence-electron chi connectivity index (χ4n) is 2.66. The molecule has 0 aliphatic heterocycles. The number of hydrogen-bond donors (Lipinski definition) is 2. The second-order valence-corrected chi connectivity index (χ2v) is 6.30. The molecule has 0 bridgehead atoms. The van der Waals surface area contributed by atoms with Crippen LogP contribution in [0.25, 0.3) is 0 Å². The van der Waals surface area contributed by atoms with Gasteiger partial charge in [0.05, 0.1) is 17.8 Å². The van der Waals surface area contributed by atoms with Crippen molar-refractivity contribution in [3.8, 4) is 5.75 Å². The Kier molecular flexibility index (Phi) is 7.71. The third-order valence-corrected chi connectivity index (χ3v) is 3.99. The molecule has 0 amide bonds. The highest BCUT2D eigenvalue weighted by molar-refractivity contribution is 5.79. The van der Waals surface area contributed by atoms with Gasteiger partial charge in [0.1, 0.15) is 12.4 Å². The van der Waals surface area contributed by atoms with Crippen molar-refractivity contribution < 1.29 is 17.9 Å². The molecule has 28 heavy (non-hydrogen) atoms. The predicted molar refractivity (Wildman–Crippen MR) is 103 cm³/mol. The van der Waals surface area contributed by atoms with E-state index in [0.717, 1.165) is 36.5 Å². The molecule has 0 aliphatic rings. The van der Waals surface area contributed by atoms with E-state index in [4.69, 9.17) is 4.74 Å². The number of aromatic nitrogens is 2. The first kappa shape index (κ1) is 21.6. The molecule has 6 nitrogen and oxygen atoms in total. The summed E-state index contributed by atoms with van der Waals surface area (Å²) in [5, 5.41) is 10.7. The maximum Gasteiger partial charge on any atom is 0.416 e. The summed E-state index contributed by atoms with van der Waals surface area (Å²) in [5.41, 5.74) is 1.41. The zero-order valence-corrected chi connectivity index (χ0v) is 16.3. The van der Waals surface area contributed by atoms with Crippen molar-refractivity contribution in [2.45, 2.75) is 33.0 Å². The van der Waals surface area contributed by atoms with Crippen LogP contribution in [0.5, 0.6) is 5.75 Å². The summed E-state index contributed by atoms with van der Waals surface area (Å²) in [6, 6.07) is 6.88. The number of aryl methyl sites for hydroxylation is 3. The number of nitrogens with zero attached hydrogens (tertiary/aromatic N) is 3. The number of aliphatic imine (C=N–C) groups is 1. The van der Waals surface area contributed by atoms with Gasteiger partial charge in [-0.1, -0.05) is 6.07 Å². The van der Waals surface area contributed by atoms with Gasteiger partial charge in [-0.3, -0.25) is 9.67 Å². The smallest absolute Gasteiger partial charge is 0.416 e. The van der Waals surface area contributed by atoms with Crippen LogP contribution >= 0.6 is 0 Å². The molecule has 0 aliphatic carbocycles. The SMILES string of the molecule is CN=C(NCCCn1nc(C)cc1C)NCCOc1cccc(C(F)(F)F)c1. The Morgan fingerprint density at radius 2 is 1.93 bits per heavy atom. The lowest BCUT2D eigenvalue weighted by Crippen LogP contribution is -2.39. The molecule has 1 heterocycles. The topological polar surface area (TPSA) is 63.5 Å². The molecular weight excluding hydrogens is 371 g/mol. The molecule has 0 spiro atoms. The monoisotopic (exact) mass is 397 g/mol. The molecule has 0 atom stereocenters. The fraction of sp³-hybridized carbons (Fsp3) is 0.474. The summed E-state index contributed by atoms with van der Waals surface area (Å²) in [6.45, 7) is 6.14. The molecule has 1 aromatic carbocycles. The summed E-state index contributed by atoms with van der Waals surface area (Å²) in [4.78, 5) is 4.11. The van der Waals surface area contributed by atoms with Gasteiger partial charge in [-0.15, -0.1) is 0 Å². The van der Waals surface area contributed by atoms with Gasteiger partial charge in [0, 0.05) is 25.8 Å². The van der Waals surface area contributed by atoms with Crippen molar-refractivity contribution in [2.24, 2.45) is 4.99 Å². The Morgan fingerprint density at radius 1 is 1.18 bits per heavy atom. The van der Waals surface area contributed by atoms with Crippen molar-refractivity contribution in [3.63, 3.8) is 0 Å². The van der Waals surface area contributed by atoms with Crippen LogP contribution < -0.4 is 15.4 Å². The molecule has 2 N–H and O–H groups in total. The van der Waals surface area contributed by atoms with E-state index in [9.17, 15) is 13.2 Å². The number of nitrogens with one attached hydrogen (secondary N) is 2. The van der Waals surface area contributed by atoms with Crippen molar-refractivity contribution in [3.05, 3.63) is 47.3 Å². The van der Waals surface area contributed by atoms with Crippen LogP contribution in [0.3, 0.4) is 0 Å². The number of halogens is 3. The van der Waals surface area contributed by atoms with Crippen LogP contribution in [0.1, 0.15) is 23.4 Å². The summed E-state index contributed by atoms with van der Waals surface area (Å²) in [5.74, 6) is 0.797. The number of benzene rings is 1. The van der Waals surface area contributed by atoms with Crippen molar-refractivity contribution in [1.82, 2.24) is 20.4 Å². The number of alkyl halides is 3. The first-order valence-electron chi connectivity index (χ1n) is 9.05. The molecule has 0 saturated carbocycles. The number of rotatable bonds is 8. The Labute approximate surface area is 162 Å². The molecule has 2 aromatic rings. The molecule has 0 fully saturated rings. The van der Waals surface area contributed by atoms with Crippen LogP contribution in [-0.4, -0.2) is 42.5 Å². The lowest BCUT2D eigenvalue weighted by atomic mass is 10.2. The number of hydrogen-bond acceptors (Lipinski definition) is 3. The Morgan fingerprint density at radius 3 is 2.57 bits per heavy atom. The third kappa shape index (κ3) is 6.79. The predicted octanol–water partition coefficient (Wildman–Crippen LogP) is 3.15. The third-order valence-electron chi connectivity index (χ3n) is 3.99. The average molecular weight is 397 g/mol. The second kappa shape index (κ2) is 10.0. The van der Waals surface area contributed by atoms with Crippen molar-refractivity contribution >= 4 is 5.96 Å². The van der Waals surface area contributed by atoms with Gasteiger partial charge in [0.2, 0.25) is 0 Å². The molecule has 0 unspecified atom stereocenters. The standard InChI is InChI=1S/C19H26F3N5O/c1-14-12-15(2)27(26-14)10-5-8-24-18(23-3)25-9-11-28-17-7-4-6-16(13-17)19(20,21)22/h4,6-7,12-13H,5,8-11H2,1-3H3,(H2,23,24,25). The van der Waals surface area contributed by atoms with Crippen LogP contribution in [0.2, 0.25) is 0 Å². The van der Waals surface area contributed by atoms with Gasteiger partial charge in [-0.05, 0) is 44.5 Å². The molecule has 0 radical (unpaired) electrons. The average Bonchev–Trinajstić information content (AvgIpc) is 2.97. The van der Waals surface area contributed by atoms with E-state index in [1.54, 1.807) is 7.05 Å². The fourth-order valence-corrected chi connectivity index (χ4v) is 2.66. The molecule has 2 rings (SSSR count). The first-order chi connectivity index (χ1) is 13.3. The normalized spacial score (nSPS) is 12.1. The van der Waals surface area contributed by atoms with Gasteiger partial charge in [-0.2, -0.15) is 18.3 Å². The van der Waals surface area contributed by atoms with Gasteiger partial charge < -0.3 is 15.4 Å². The van der Waals surface area contributed by atoms with E-state index >= 15 is 0 Å². The van der Waals surface area contributed by atoms with Gasteiger partial charge in [0.15, 0.2) is 5.96 Å². The van der Waals surface area contributed by atoms with Crippen LogP contribution in [0.15, 0.2) is 35.3 Å². The lowest BCUT2D eigenvalue weighted by Gasteiger charge is -2.13. The van der Waals surface area contributed by atoms with Crippen molar-refractivity contribution in [1.29, 1.82) is 0 Å². The van der Waals surface area contributed by atoms with Gasteiger partial charge >= 0.3 is 6.18 Å².